The van der Waals surface area contributed by atoms with E-state index in [1.807, 2.05) is 47.7 Å². The van der Waals surface area contributed by atoms with Crippen molar-refractivity contribution in [3.63, 3.8) is 0 Å². The molecular formula is C44H46Cl2N4O5Si. The summed E-state index contributed by atoms with van der Waals surface area (Å²) in [5.74, 6) is -0.808. The average molecular weight is 810 g/mol. The monoisotopic (exact) mass is 808 g/mol. The van der Waals surface area contributed by atoms with Crippen molar-refractivity contribution in [1.29, 1.82) is 0 Å². The van der Waals surface area contributed by atoms with Crippen LogP contribution in [0.5, 0.6) is 0 Å². The van der Waals surface area contributed by atoms with Crippen LogP contribution in [0.3, 0.4) is 0 Å². The topological polar surface area (TPSA) is 94.0 Å². The lowest BCUT2D eigenvalue weighted by molar-refractivity contribution is 0.0520. The Balaban J connectivity index is 1.31. The van der Waals surface area contributed by atoms with E-state index >= 15 is 0 Å². The van der Waals surface area contributed by atoms with Crippen LogP contribution in [0.1, 0.15) is 94.7 Å². The summed E-state index contributed by atoms with van der Waals surface area (Å²) in [7, 11) is -1.61. The van der Waals surface area contributed by atoms with Gasteiger partial charge in [-0.15, -0.1) is 0 Å². The third-order valence-corrected chi connectivity index (χ3v) is 17.0. The number of hydrogen-bond acceptors (Lipinski definition) is 6. The van der Waals surface area contributed by atoms with Crippen molar-refractivity contribution in [2.75, 3.05) is 20.3 Å². The Labute approximate surface area is 339 Å². The minimum Gasteiger partial charge on any atom is -0.465 e. The summed E-state index contributed by atoms with van der Waals surface area (Å²) in [5, 5.41) is 7.88. The number of aromatic nitrogens is 2. The highest BCUT2D eigenvalue weighted by molar-refractivity contribution is 6.99. The van der Waals surface area contributed by atoms with Crippen molar-refractivity contribution in [1.82, 2.24) is 19.6 Å². The van der Waals surface area contributed by atoms with Crippen LogP contribution in [0.2, 0.25) is 15.1 Å². The summed E-state index contributed by atoms with van der Waals surface area (Å²) in [6.07, 6.45) is 0.475. The predicted molar refractivity (Wildman–Crippen MR) is 222 cm³/mol. The molecule has 4 aromatic carbocycles. The fraction of sp³-hybridized carbons (Fsp3) is 0.318. The Morgan fingerprint density at radius 1 is 0.893 bits per heavy atom. The molecule has 2 aliphatic rings. The fourth-order valence-electron chi connectivity index (χ4n) is 8.28. The molecule has 290 valence electrons. The first-order valence-electron chi connectivity index (χ1n) is 18.9. The molecule has 3 heterocycles. The van der Waals surface area contributed by atoms with Gasteiger partial charge in [-0.3, -0.25) is 14.3 Å². The number of rotatable bonds is 9. The number of benzene rings is 4. The largest absolute Gasteiger partial charge is 0.465 e. The molecule has 0 spiro atoms. The van der Waals surface area contributed by atoms with E-state index in [4.69, 9.17) is 37.5 Å². The van der Waals surface area contributed by atoms with Gasteiger partial charge < -0.3 is 19.0 Å². The number of carbonyl (C=O) groups excluding carboxylic acids is 3. The zero-order valence-corrected chi connectivity index (χ0v) is 35.0. The Kier molecular flexibility index (Phi) is 11.0. The SMILES string of the molecule is COC(=O)c1ccc(C(C)N2C[C@@H](CO[Si](c3ccccc3)(c3ccccc3)C(C)(C)C)n3nc4c(c3C2=O)CN(C(=O)c2ccc(Cl)c(Cl)c2)[C@H](C)C4)cc1. The number of halogens is 2. The first kappa shape index (κ1) is 39.5. The van der Waals surface area contributed by atoms with Crippen molar-refractivity contribution >= 4 is 59.7 Å². The summed E-state index contributed by atoms with van der Waals surface area (Å²) in [6, 6.07) is 32.1. The van der Waals surface area contributed by atoms with E-state index in [9.17, 15) is 14.4 Å². The molecule has 5 aromatic rings. The molecule has 1 unspecified atom stereocenters. The van der Waals surface area contributed by atoms with Gasteiger partial charge >= 0.3 is 5.97 Å². The second-order valence-corrected chi connectivity index (χ2v) is 20.8. The quantitative estimate of drug-likeness (QED) is 0.111. The van der Waals surface area contributed by atoms with Gasteiger partial charge in [0.25, 0.3) is 20.1 Å². The molecule has 3 atom stereocenters. The smallest absolute Gasteiger partial charge is 0.337 e. The second-order valence-electron chi connectivity index (χ2n) is 15.7. The van der Waals surface area contributed by atoms with Gasteiger partial charge in [0.2, 0.25) is 0 Å². The lowest BCUT2D eigenvalue weighted by Crippen LogP contribution is -2.67. The van der Waals surface area contributed by atoms with Gasteiger partial charge in [-0.1, -0.05) is 117 Å². The molecule has 0 bridgehead atoms. The molecular weight excluding hydrogens is 763 g/mol. The number of hydrogen-bond donors (Lipinski definition) is 0. The third-order valence-electron chi connectivity index (χ3n) is 11.3. The molecule has 7 rings (SSSR count). The number of methoxy groups -OCH3 is 1. The molecule has 1 aromatic heterocycles. The van der Waals surface area contributed by atoms with Gasteiger partial charge in [0, 0.05) is 30.1 Å². The van der Waals surface area contributed by atoms with E-state index in [-0.39, 0.29) is 41.5 Å². The number of ether oxygens (including phenoxy) is 1. The van der Waals surface area contributed by atoms with Crippen LogP contribution < -0.4 is 10.4 Å². The second kappa shape index (κ2) is 15.7. The predicted octanol–water partition coefficient (Wildman–Crippen LogP) is 7.90. The van der Waals surface area contributed by atoms with Crippen LogP contribution in [-0.2, 0) is 22.1 Å². The molecule has 56 heavy (non-hydrogen) atoms. The van der Waals surface area contributed by atoms with E-state index in [0.29, 0.717) is 46.4 Å². The van der Waals surface area contributed by atoms with E-state index in [2.05, 4.69) is 69.3 Å². The zero-order valence-electron chi connectivity index (χ0n) is 32.5. The highest BCUT2D eigenvalue weighted by Gasteiger charge is 2.51. The molecule has 0 N–H and O–H groups in total. The standard InChI is InChI=1S/C44H46Cl2N4O5Si/c1-28-23-39-36(26-48(28)41(51)32-21-22-37(45)38(46)24-32)40-42(52)49(29(2)30-17-19-31(20-18-30)43(53)54-6)25-33(50(40)47-39)27-55-56(44(3,4)5,34-13-9-7-10-14-34)35-15-11-8-12-16-35/h7-22,24,28-29,33H,23,25-27H2,1-6H3/t28-,29?,33+/m1/s1. The maximum atomic E-state index is 14.9. The maximum absolute atomic E-state index is 14.9. The fourth-order valence-corrected chi connectivity index (χ4v) is 13.2. The van der Waals surface area contributed by atoms with E-state index in [1.165, 1.54) is 7.11 Å². The number of fused-ring (bicyclic) bond motifs is 3. The normalized spacial score (nSPS) is 17.6. The Morgan fingerprint density at radius 2 is 1.50 bits per heavy atom. The summed E-state index contributed by atoms with van der Waals surface area (Å²) in [4.78, 5) is 44.8. The van der Waals surface area contributed by atoms with Gasteiger partial charge in [-0.25, -0.2) is 4.79 Å². The summed E-state index contributed by atoms with van der Waals surface area (Å²) in [6.45, 7) is 11.6. The Hall–Kier alpha value is -4.74. The number of esters is 1. The van der Waals surface area contributed by atoms with Crippen LogP contribution in [0.15, 0.2) is 103 Å². The lowest BCUT2D eigenvalue weighted by atomic mass is 9.96. The Morgan fingerprint density at radius 3 is 2.07 bits per heavy atom. The lowest BCUT2D eigenvalue weighted by Gasteiger charge is -2.45. The molecule has 0 radical (unpaired) electrons. The molecule has 0 fully saturated rings. The van der Waals surface area contributed by atoms with Gasteiger partial charge in [-0.2, -0.15) is 5.10 Å². The highest BCUT2D eigenvalue weighted by atomic mass is 35.5. The van der Waals surface area contributed by atoms with Crippen molar-refractivity contribution in [3.8, 4) is 0 Å². The zero-order chi connectivity index (χ0) is 39.9. The highest BCUT2D eigenvalue weighted by Crippen LogP contribution is 2.40. The molecule has 2 amide bonds. The number of carbonyl (C=O) groups is 3. The van der Waals surface area contributed by atoms with Crippen molar-refractivity contribution in [2.45, 2.75) is 70.7 Å². The van der Waals surface area contributed by atoms with Crippen LogP contribution in [0.25, 0.3) is 0 Å². The first-order valence-corrected chi connectivity index (χ1v) is 21.5. The Bertz CT molecular complexity index is 2220. The van der Waals surface area contributed by atoms with Crippen LogP contribution in [0, 0.1) is 0 Å². The number of nitrogens with zero attached hydrogens (tertiary/aromatic N) is 4. The minimum absolute atomic E-state index is 0.179. The van der Waals surface area contributed by atoms with E-state index in [0.717, 1.165) is 27.2 Å². The van der Waals surface area contributed by atoms with Gasteiger partial charge in [0.15, 0.2) is 0 Å². The minimum atomic E-state index is -2.96. The van der Waals surface area contributed by atoms with Crippen molar-refractivity contribution < 1.29 is 23.5 Å². The van der Waals surface area contributed by atoms with Crippen LogP contribution >= 0.6 is 23.2 Å². The summed E-state index contributed by atoms with van der Waals surface area (Å²) < 4.78 is 14.3. The first-order chi connectivity index (χ1) is 26.7. The maximum Gasteiger partial charge on any atom is 0.337 e. The molecule has 2 aliphatic heterocycles. The molecule has 0 aliphatic carbocycles. The van der Waals surface area contributed by atoms with Crippen LogP contribution in [-0.4, -0.2) is 72.0 Å². The van der Waals surface area contributed by atoms with Gasteiger partial charge in [-0.05, 0) is 65.2 Å². The van der Waals surface area contributed by atoms with Crippen molar-refractivity contribution in [3.05, 3.63) is 147 Å². The van der Waals surface area contributed by atoms with Crippen molar-refractivity contribution in [2.24, 2.45) is 0 Å². The summed E-state index contributed by atoms with van der Waals surface area (Å²) in [5.41, 5.74) is 3.70. The molecule has 0 saturated heterocycles. The van der Waals surface area contributed by atoms with Gasteiger partial charge in [0.05, 0.1) is 53.6 Å². The van der Waals surface area contributed by atoms with Crippen LogP contribution in [0.4, 0.5) is 0 Å². The van der Waals surface area contributed by atoms with Gasteiger partial charge in [0.1, 0.15) is 5.69 Å². The number of amides is 2. The van der Waals surface area contributed by atoms with E-state index in [1.54, 1.807) is 35.2 Å². The van der Waals surface area contributed by atoms with E-state index < -0.39 is 14.3 Å². The molecule has 12 heteroatoms. The average Bonchev–Trinajstić information content (AvgIpc) is 3.58. The third kappa shape index (κ3) is 7.08. The summed E-state index contributed by atoms with van der Waals surface area (Å²) >= 11 is 12.5. The molecule has 0 saturated carbocycles. The molecule has 9 nitrogen and oxygen atoms in total.